The van der Waals surface area contributed by atoms with Crippen molar-refractivity contribution in [2.24, 2.45) is 11.3 Å². The van der Waals surface area contributed by atoms with Crippen molar-refractivity contribution in [1.29, 1.82) is 0 Å². The zero-order valence-electron chi connectivity index (χ0n) is 12.7. The van der Waals surface area contributed by atoms with Gasteiger partial charge in [-0.15, -0.1) is 0 Å². The Hall–Kier alpha value is -0.570. The molecule has 1 aliphatic carbocycles. The summed E-state index contributed by atoms with van der Waals surface area (Å²) in [5.74, 6) is 0.948. The predicted molar refractivity (Wildman–Crippen MR) is 76.8 cm³/mol. The Morgan fingerprint density at radius 2 is 1.68 bits per heavy atom. The summed E-state index contributed by atoms with van der Waals surface area (Å²) in [7, 11) is 0. The normalized spacial score (nSPS) is 25.8. The SMILES string of the molecule is CC(C)CC1(C(=O)N2CCC(C)(O)CC2)CCCC1. The summed E-state index contributed by atoms with van der Waals surface area (Å²) < 4.78 is 0. The number of carbonyl (C=O) groups excluding carboxylic acids is 1. The minimum Gasteiger partial charge on any atom is -0.390 e. The van der Waals surface area contributed by atoms with Crippen molar-refractivity contribution in [1.82, 2.24) is 4.90 Å². The van der Waals surface area contributed by atoms with Gasteiger partial charge in [-0.1, -0.05) is 26.7 Å². The summed E-state index contributed by atoms with van der Waals surface area (Å²) in [6.07, 6.45) is 6.99. The molecule has 2 fully saturated rings. The Morgan fingerprint density at radius 3 is 2.16 bits per heavy atom. The van der Waals surface area contributed by atoms with E-state index in [1.54, 1.807) is 0 Å². The van der Waals surface area contributed by atoms with Gasteiger partial charge in [-0.2, -0.15) is 0 Å². The Bertz CT molecular complexity index is 320. The molecular weight excluding hydrogens is 238 g/mol. The molecule has 0 bridgehead atoms. The average Bonchev–Trinajstić information content (AvgIpc) is 2.77. The molecule has 0 aromatic rings. The van der Waals surface area contributed by atoms with Crippen LogP contribution in [-0.2, 0) is 4.79 Å². The summed E-state index contributed by atoms with van der Waals surface area (Å²) >= 11 is 0. The van der Waals surface area contributed by atoms with E-state index in [-0.39, 0.29) is 5.41 Å². The van der Waals surface area contributed by atoms with E-state index in [0.29, 0.717) is 11.8 Å². The van der Waals surface area contributed by atoms with Gasteiger partial charge in [-0.25, -0.2) is 0 Å². The van der Waals surface area contributed by atoms with Crippen LogP contribution < -0.4 is 0 Å². The summed E-state index contributed by atoms with van der Waals surface area (Å²) in [5.41, 5.74) is -0.658. The number of amides is 1. The minimum atomic E-state index is -0.572. The summed E-state index contributed by atoms with van der Waals surface area (Å²) in [4.78, 5) is 14.9. The largest absolute Gasteiger partial charge is 0.390 e. The number of piperidine rings is 1. The second-order valence-corrected chi connectivity index (χ2v) is 7.37. The molecule has 0 aromatic heterocycles. The molecular formula is C16H29NO2. The van der Waals surface area contributed by atoms with Crippen molar-refractivity contribution in [3.8, 4) is 0 Å². The average molecular weight is 267 g/mol. The lowest BCUT2D eigenvalue weighted by atomic mass is 9.76. The van der Waals surface area contributed by atoms with Gasteiger partial charge in [0.05, 0.1) is 5.60 Å². The molecule has 3 heteroatoms. The zero-order chi connectivity index (χ0) is 14.1. The number of hydrogen-bond acceptors (Lipinski definition) is 2. The molecule has 1 saturated heterocycles. The Balaban J connectivity index is 2.04. The maximum Gasteiger partial charge on any atom is 0.228 e. The fourth-order valence-electron chi connectivity index (χ4n) is 3.87. The van der Waals surface area contributed by atoms with Crippen LogP contribution in [-0.4, -0.2) is 34.6 Å². The predicted octanol–water partition coefficient (Wildman–Crippen LogP) is 2.97. The number of likely N-dealkylation sites (tertiary alicyclic amines) is 1. The Kier molecular flexibility index (Phi) is 4.24. The highest BCUT2D eigenvalue weighted by Gasteiger charge is 2.44. The van der Waals surface area contributed by atoms with Crippen molar-refractivity contribution in [2.75, 3.05) is 13.1 Å². The fourth-order valence-corrected chi connectivity index (χ4v) is 3.87. The lowest BCUT2D eigenvalue weighted by Crippen LogP contribution is -2.50. The maximum absolute atomic E-state index is 12.9. The number of nitrogens with zero attached hydrogens (tertiary/aromatic N) is 1. The summed E-state index contributed by atoms with van der Waals surface area (Å²) in [6.45, 7) is 7.77. The summed E-state index contributed by atoms with van der Waals surface area (Å²) in [6, 6.07) is 0. The van der Waals surface area contributed by atoms with Gasteiger partial charge >= 0.3 is 0 Å². The highest BCUT2D eigenvalue weighted by Crippen LogP contribution is 2.45. The van der Waals surface area contributed by atoms with Crippen LogP contribution in [0.25, 0.3) is 0 Å². The molecule has 2 rings (SSSR count). The molecule has 1 aliphatic heterocycles. The van der Waals surface area contributed by atoms with Crippen LogP contribution in [0.2, 0.25) is 0 Å². The first-order valence-electron chi connectivity index (χ1n) is 7.86. The van der Waals surface area contributed by atoms with E-state index in [1.807, 2.05) is 11.8 Å². The van der Waals surface area contributed by atoms with E-state index in [0.717, 1.165) is 45.2 Å². The highest BCUT2D eigenvalue weighted by atomic mass is 16.3. The van der Waals surface area contributed by atoms with Crippen molar-refractivity contribution >= 4 is 5.91 Å². The van der Waals surface area contributed by atoms with E-state index in [9.17, 15) is 9.90 Å². The van der Waals surface area contributed by atoms with E-state index in [2.05, 4.69) is 13.8 Å². The molecule has 0 spiro atoms. The fraction of sp³-hybridized carbons (Fsp3) is 0.938. The number of rotatable bonds is 3. The second-order valence-electron chi connectivity index (χ2n) is 7.37. The molecule has 1 saturated carbocycles. The van der Waals surface area contributed by atoms with Gasteiger partial charge in [0.25, 0.3) is 0 Å². The van der Waals surface area contributed by atoms with Crippen LogP contribution in [0.4, 0.5) is 0 Å². The highest BCUT2D eigenvalue weighted by molar-refractivity contribution is 5.83. The maximum atomic E-state index is 12.9. The van der Waals surface area contributed by atoms with Crippen molar-refractivity contribution in [2.45, 2.75) is 71.3 Å². The molecule has 2 aliphatic rings. The van der Waals surface area contributed by atoms with Gasteiger partial charge < -0.3 is 10.0 Å². The van der Waals surface area contributed by atoms with Gasteiger partial charge in [0.2, 0.25) is 5.91 Å². The molecule has 0 unspecified atom stereocenters. The first-order chi connectivity index (χ1) is 8.85. The Morgan fingerprint density at radius 1 is 1.16 bits per heavy atom. The third kappa shape index (κ3) is 3.31. The lowest BCUT2D eigenvalue weighted by Gasteiger charge is -2.41. The van der Waals surface area contributed by atoms with Crippen LogP contribution in [0.5, 0.6) is 0 Å². The Labute approximate surface area is 117 Å². The van der Waals surface area contributed by atoms with E-state index in [4.69, 9.17) is 0 Å². The molecule has 1 heterocycles. The molecule has 1 amide bonds. The van der Waals surface area contributed by atoms with Crippen LogP contribution >= 0.6 is 0 Å². The van der Waals surface area contributed by atoms with Gasteiger partial charge in [-0.05, 0) is 44.9 Å². The molecule has 0 atom stereocenters. The van der Waals surface area contributed by atoms with Gasteiger partial charge in [-0.3, -0.25) is 4.79 Å². The molecule has 19 heavy (non-hydrogen) atoms. The van der Waals surface area contributed by atoms with E-state index >= 15 is 0 Å². The number of carbonyl (C=O) groups is 1. The van der Waals surface area contributed by atoms with Crippen LogP contribution in [0.15, 0.2) is 0 Å². The van der Waals surface area contributed by atoms with Crippen molar-refractivity contribution in [3.63, 3.8) is 0 Å². The lowest BCUT2D eigenvalue weighted by molar-refractivity contribution is -0.146. The first-order valence-corrected chi connectivity index (χ1v) is 7.86. The monoisotopic (exact) mass is 267 g/mol. The standard InChI is InChI=1S/C16H29NO2/c1-13(2)12-16(6-4-5-7-16)14(18)17-10-8-15(3,19)9-11-17/h13,19H,4-12H2,1-3H3. The van der Waals surface area contributed by atoms with E-state index in [1.165, 1.54) is 12.8 Å². The molecule has 0 aromatic carbocycles. The zero-order valence-corrected chi connectivity index (χ0v) is 12.7. The third-order valence-corrected chi connectivity index (χ3v) is 4.94. The number of aliphatic hydroxyl groups is 1. The molecule has 1 N–H and O–H groups in total. The molecule has 0 radical (unpaired) electrons. The quantitative estimate of drug-likeness (QED) is 0.854. The van der Waals surface area contributed by atoms with Crippen LogP contribution in [0.1, 0.15) is 65.7 Å². The first kappa shape index (κ1) is 14.8. The topological polar surface area (TPSA) is 40.5 Å². The van der Waals surface area contributed by atoms with Crippen molar-refractivity contribution < 1.29 is 9.90 Å². The smallest absolute Gasteiger partial charge is 0.228 e. The van der Waals surface area contributed by atoms with Gasteiger partial charge in [0, 0.05) is 18.5 Å². The van der Waals surface area contributed by atoms with E-state index < -0.39 is 5.60 Å². The number of hydrogen-bond donors (Lipinski definition) is 1. The van der Waals surface area contributed by atoms with Crippen LogP contribution in [0.3, 0.4) is 0 Å². The van der Waals surface area contributed by atoms with Crippen molar-refractivity contribution in [3.05, 3.63) is 0 Å². The summed E-state index contributed by atoms with van der Waals surface area (Å²) in [5, 5.41) is 10.0. The second kappa shape index (κ2) is 5.43. The van der Waals surface area contributed by atoms with Gasteiger partial charge in [0.15, 0.2) is 0 Å². The molecule has 3 nitrogen and oxygen atoms in total. The van der Waals surface area contributed by atoms with Gasteiger partial charge in [0.1, 0.15) is 0 Å². The molecule has 110 valence electrons. The third-order valence-electron chi connectivity index (χ3n) is 4.94. The van der Waals surface area contributed by atoms with Crippen LogP contribution in [0, 0.1) is 11.3 Å². The minimum absolute atomic E-state index is 0.0859.